The maximum atomic E-state index is 15.0. The van der Waals surface area contributed by atoms with E-state index in [1.165, 1.54) is 11.1 Å². The summed E-state index contributed by atoms with van der Waals surface area (Å²) in [6.45, 7) is 0.735. The van der Waals surface area contributed by atoms with Crippen LogP contribution in [0.15, 0.2) is 12.1 Å². The summed E-state index contributed by atoms with van der Waals surface area (Å²) in [5.74, 6) is 2.36. The molecule has 2 bridgehead atoms. The number of likely N-dealkylation sites (tertiary alicyclic amines) is 1. The highest BCUT2D eigenvalue weighted by Crippen LogP contribution is 2.64. The summed E-state index contributed by atoms with van der Waals surface area (Å²) in [7, 11) is 1.65. The SMILES string of the molecule is COc1ccc2c3c1O[C@@H]1C(F)CCC4[C@H](C2)N(C(=O)C2CC2)CC[C@]341. The zero-order valence-electron chi connectivity index (χ0n) is 15.0. The van der Waals surface area contributed by atoms with Crippen molar-refractivity contribution >= 4 is 5.91 Å². The van der Waals surface area contributed by atoms with Crippen molar-refractivity contribution < 1.29 is 18.7 Å². The second-order valence-electron chi connectivity index (χ2n) is 8.74. The number of amides is 1. The molecular weight excluding hydrogens is 333 g/mol. The Kier molecular flexibility index (Phi) is 2.90. The minimum atomic E-state index is -0.944. The molecule has 0 N–H and O–H groups in total. The number of benzene rings is 1. The quantitative estimate of drug-likeness (QED) is 0.817. The molecule has 0 aromatic heterocycles. The zero-order valence-corrected chi connectivity index (χ0v) is 15.0. The molecule has 26 heavy (non-hydrogen) atoms. The average molecular weight is 357 g/mol. The normalized spacial score (nSPS) is 39.2. The van der Waals surface area contributed by atoms with E-state index in [2.05, 4.69) is 11.0 Å². The molecule has 3 fully saturated rings. The predicted molar refractivity (Wildman–Crippen MR) is 93.3 cm³/mol. The van der Waals surface area contributed by atoms with Gasteiger partial charge in [-0.05, 0) is 56.1 Å². The van der Waals surface area contributed by atoms with Crippen molar-refractivity contribution in [3.63, 3.8) is 0 Å². The Hall–Kier alpha value is -1.78. The number of alkyl halides is 1. The second kappa shape index (κ2) is 4.93. The molecule has 5 atom stereocenters. The third-order valence-electron chi connectivity index (χ3n) is 7.66. The van der Waals surface area contributed by atoms with E-state index in [-0.39, 0.29) is 17.4 Å². The number of hydrogen-bond acceptors (Lipinski definition) is 3. The average Bonchev–Trinajstić information content (AvgIpc) is 3.43. The van der Waals surface area contributed by atoms with E-state index in [4.69, 9.17) is 9.47 Å². The standard InChI is InChI=1S/C21H24FNO3/c1-25-16-7-4-12-10-15-13-5-6-14(22)19-21(13,17(12)18(16)26-19)8-9-23(15)20(24)11-2-3-11/h4,7,11,13-15,19H,2-3,5-6,8-10H2,1H3/t13?,14?,15-,19+,21+/m0/s1. The lowest BCUT2D eigenvalue weighted by atomic mass is 9.51. The Morgan fingerprint density at radius 2 is 2.15 bits per heavy atom. The van der Waals surface area contributed by atoms with Crippen molar-refractivity contribution in [1.29, 1.82) is 0 Å². The van der Waals surface area contributed by atoms with Crippen LogP contribution in [0.5, 0.6) is 11.5 Å². The number of methoxy groups -OCH3 is 1. The zero-order chi connectivity index (χ0) is 17.6. The Morgan fingerprint density at radius 1 is 1.31 bits per heavy atom. The largest absolute Gasteiger partial charge is 0.493 e. The molecule has 2 saturated carbocycles. The maximum absolute atomic E-state index is 15.0. The third kappa shape index (κ3) is 1.68. The molecule has 1 aromatic rings. The molecule has 2 heterocycles. The Labute approximate surface area is 152 Å². The van der Waals surface area contributed by atoms with Gasteiger partial charge in [0.15, 0.2) is 11.5 Å². The van der Waals surface area contributed by atoms with Gasteiger partial charge in [-0.15, -0.1) is 0 Å². The van der Waals surface area contributed by atoms with Gasteiger partial charge in [-0.25, -0.2) is 4.39 Å². The molecule has 1 saturated heterocycles. The molecule has 138 valence electrons. The number of ether oxygens (including phenoxy) is 2. The van der Waals surface area contributed by atoms with E-state index in [1.807, 2.05) is 6.07 Å². The summed E-state index contributed by atoms with van der Waals surface area (Å²) in [5, 5.41) is 0. The molecule has 3 aliphatic carbocycles. The van der Waals surface area contributed by atoms with Crippen LogP contribution in [0.1, 0.15) is 43.2 Å². The summed E-state index contributed by atoms with van der Waals surface area (Å²) in [6, 6.07) is 4.25. The molecule has 1 amide bonds. The summed E-state index contributed by atoms with van der Waals surface area (Å²) < 4.78 is 26.8. The van der Waals surface area contributed by atoms with E-state index in [1.54, 1.807) is 7.11 Å². The van der Waals surface area contributed by atoms with Gasteiger partial charge < -0.3 is 14.4 Å². The minimum Gasteiger partial charge on any atom is -0.493 e. The highest BCUT2D eigenvalue weighted by Gasteiger charge is 2.66. The van der Waals surface area contributed by atoms with E-state index < -0.39 is 12.3 Å². The molecule has 5 aliphatic rings. The van der Waals surface area contributed by atoms with Crippen LogP contribution in [0.2, 0.25) is 0 Å². The van der Waals surface area contributed by atoms with Gasteiger partial charge >= 0.3 is 0 Å². The minimum absolute atomic E-state index is 0.197. The third-order valence-corrected chi connectivity index (χ3v) is 7.66. The van der Waals surface area contributed by atoms with Crippen LogP contribution in [0.3, 0.4) is 0 Å². The Morgan fingerprint density at radius 3 is 2.92 bits per heavy atom. The van der Waals surface area contributed by atoms with Crippen LogP contribution >= 0.6 is 0 Å². The first-order valence-electron chi connectivity index (χ1n) is 9.96. The van der Waals surface area contributed by atoms with Gasteiger partial charge in [0, 0.05) is 29.5 Å². The Bertz CT molecular complexity index is 807. The first-order valence-corrected chi connectivity index (χ1v) is 9.96. The second-order valence-corrected chi connectivity index (χ2v) is 8.74. The number of carbonyl (C=O) groups excluding carboxylic acids is 1. The van der Waals surface area contributed by atoms with Crippen LogP contribution in [-0.2, 0) is 16.6 Å². The van der Waals surface area contributed by atoms with E-state index in [0.29, 0.717) is 24.0 Å². The number of rotatable bonds is 2. The molecule has 1 spiro atoms. The monoisotopic (exact) mass is 357 g/mol. The molecule has 2 aliphatic heterocycles. The molecular formula is C21H24FNO3. The highest BCUT2D eigenvalue weighted by atomic mass is 19.1. The van der Waals surface area contributed by atoms with Gasteiger partial charge in [0.25, 0.3) is 0 Å². The smallest absolute Gasteiger partial charge is 0.225 e. The number of carbonyl (C=O) groups is 1. The summed E-state index contributed by atoms with van der Waals surface area (Å²) >= 11 is 0. The van der Waals surface area contributed by atoms with Gasteiger partial charge in [0.2, 0.25) is 5.91 Å². The lowest BCUT2D eigenvalue weighted by Gasteiger charge is -2.58. The van der Waals surface area contributed by atoms with E-state index >= 15 is 0 Å². The number of hydrogen-bond donors (Lipinski definition) is 0. The molecule has 2 unspecified atom stereocenters. The van der Waals surface area contributed by atoms with Crippen LogP contribution in [0, 0.1) is 11.8 Å². The van der Waals surface area contributed by atoms with E-state index in [9.17, 15) is 9.18 Å². The number of piperidine rings is 1. The fourth-order valence-electron chi connectivity index (χ4n) is 6.47. The fourth-order valence-corrected chi connectivity index (χ4v) is 6.47. The van der Waals surface area contributed by atoms with Crippen LogP contribution < -0.4 is 9.47 Å². The molecule has 0 radical (unpaired) electrons. The number of halogens is 1. The van der Waals surface area contributed by atoms with E-state index in [0.717, 1.165) is 44.4 Å². The number of nitrogens with zero attached hydrogens (tertiary/aromatic N) is 1. The van der Waals surface area contributed by atoms with Crippen LogP contribution in [0.25, 0.3) is 0 Å². The first kappa shape index (κ1) is 15.3. The summed E-state index contributed by atoms with van der Waals surface area (Å²) in [6.07, 6.45) is 3.76. The van der Waals surface area contributed by atoms with Crippen LogP contribution in [0.4, 0.5) is 4.39 Å². The van der Waals surface area contributed by atoms with Gasteiger partial charge in [-0.2, -0.15) is 0 Å². The molecule has 6 rings (SSSR count). The fraction of sp³-hybridized carbons (Fsp3) is 0.667. The van der Waals surface area contributed by atoms with Crippen molar-refractivity contribution in [1.82, 2.24) is 4.90 Å². The molecule has 1 aromatic carbocycles. The van der Waals surface area contributed by atoms with Gasteiger partial charge in [0.05, 0.1) is 7.11 Å². The maximum Gasteiger partial charge on any atom is 0.225 e. The van der Waals surface area contributed by atoms with Crippen molar-refractivity contribution in [3.8, 4) is 11.5 Å². The molecule has 4 nitrogen and oxygen atoms in total. The first-order chi connectivity index (χ1) is 12.6. The Balaban J connectivity index is 1.53. The van der Waals surface area contributed by atoms with Crippen LogP contribution in [-0.4, -0.2) is 42.8 Å². The van der Waals surface area contributed by atoms with Crippen molar-refractivity contribution in [3.05, 3.63) is 23.3 Å². The van der Waals surface area contributed by atoms with Crippen molar-refractivity contribution in [2.75, 3.05) is 13.7 Å². The summed E-state index contributed by atoms with van der Waals surface area (Å²) in [4.78, 5) is 15.1. The lowest BCUT2D eigenvalue weighted by molar-refractivity contribution is -0.146. The molecule has 5 heteroatoms. The van der Waals surface area contributed by atoms with Crippen molar-refractivity contribution in [2.24, 2.45) is 11.8 Å². The summed E-state index contributed by atoms with van der Waals surface area (Å²) in [5.41, 5.74) is 2.15. The van der Waals surface area contributed by atoms with Crippen molar-refractivity contribution in [2.45, 2.75) is 62.3 Å². The lowest BCUT2D eigenvalue weighted by Crippen LogP contribution is -2.67. The van der Waals surface area contributed by atoms with Gasteiger partial charge in [-0.1, -0.05) is 6.07 Å². The predicted octanol–water partition coefficient (Wildman–Crippen LogP) is 3.01. The van der Waals surface area contributed by atoms with Gasteiger partial charge in [0.1, 0.15) is 12.3 Å². The highest BCUT2D eigenvalue weighted by molar-refractivity contribution is 5.82. The topological polar surface area (TPSA) is 38.8 Å². The van der Waals surface area contributed by atoms with Gasteiger partial charge in [-0.3, -0.25) is 4.79 Å².